The standard InChI is InChI=1S/C22H19N3O4S/c1-14-20-16(11-17(18-9-6-10-30-18)23-21(20)29-24-14)22(27)28-13-19(26)25(2)12-15-7-4-3-5-8-15/h3-11H,12-13H2,1-2H3. The smallest absolute Gasteiger partial charge is 0.339 e. The summed E-state index contributed by atoms with van der Waals surface area (Å²) >= 11 is 1.50. The van der Waals surface area contributed by atoms with Crippen molar-refractivity contribution in [2.75, 3.05) is 13.7 Å². The highest BCUT2D eigenvalue weighted by Crippen LogP contribution is 2.29. The molecule has 152 valence electrons. The SMILES string of the molecule is Cc1noc2nc(-c3cccs3)cc(C(=O)OCC(=O)N(C)Cc3ccccc3)c12. The number of thiophene rings is 1. The summed E-state index contributed by atoms with van der Waals surface area (Å²) in [7, 11) is 1.67. The molecule has 0 saturated carbocycles. The lowest BCUT2D eigenvalue weighted by Gasteiger charge is -2.17. The first-order chi connectivity index (χ1) is 14.5. The van der Waals surface area contributed by atoms with Crippen LogP contribution in [0.3, 0.4) is 0 Å². The van der Waals surface area contributed by atoms with Crippen LogP contribution < -0.4 is 0 Å². The van der Waals surface area contributed by atoms with E-state index in [1.807, 2.05) is 47.8 Å². The van der Waals surface area contributed by atoms with Gasteiger partial charge in [-0.05, 0) is 30.0 Å². The summed E-state index contributed by atoms with van der Waals surface area (Å²) in [4.78, 5) is 32.1. The molecule has 4 aromatic rings. The average molecular weight is 421 g/mol. The minimum atomic E-state index is -0.618. The maximum absolute atomic E-state index is 12.8. The summed E-state index contributed by atoms with van der Waals surface area (Å²) in [5.74, 6) is -0.911. The van der Waals surface area contributed by atoms with Crippen molar-refractivity contribution in [1.29, 1.82) is 0 Å². The monoisotopic (exact) mass is 421 g/mol. The zero-order valence-electron chi connectivity index (χ0n) is 16.5. The molecule has 1 aromatic carbocycles. The van der Waals surface area contributed by atoms with Crippen LogP contribution in [0.1, 0.15) is 21.6 Å². The Bertz CT molecular complexity index is 1190. The Morgan fingerprint density at radius 2 is 1.97 bits per heavy atom. The Hall–Kier alpha value is -3.52. The van der Waals surface area contributed by atoms with Gasteiger partial charge in [0.1, 0.15) is 0 Å². The number of hydrogen-bond acceptors (Lipinski definition) is 7. The number of carbonyl (C=O) groups excluding carboxylic acids is 2. The first-order valence-corrected chi connectivity index (χ1v) is 10.2. The van der Waals surface area contributed by atoms with Gasteiger partial charge in [-0.1, -0.05) is 41.6 Å². The van der Waals surface area contributed by atoms with Crippen molar-refractivity contribution in [3.63, 3.8) is 0 Å². The average Bonchev–Trinajstić information content (AvgIpc) is 3.42. The van der Waals surface area contributed by atoms with Crippen LogP contribution in [0, 0.1) is 6.92 Å². The second-order valence-electron chi connectivity index (χ2n) is 6.79. The second-order valence-corrected chi connectivity index (χ2v) is 7.74. The molecule has 0 saturated heterocycles. The third kappa shape index (κ3) is 4.08. The Morgan fingerprint density at radius 1 is 1.17 bits per heavy atom. The van der Waals surface area contributed by atoms with E-state index in [9.17, 15) is 9.59 Å². The molecule has 8 heteroatoms. The van der Waals surface area contributed by atoms with Crippen molar-refractivity contribution in [3.05, 3.63) is 70.7 Å². The van der Waals surface area contributed by atoms with Crippen LogP contribution in [0.5, 0.6) is 0 Å². The van der Waals surface area contributed by atoms with E-state index in [4.69, 9.17) is 9.26 Å². The molecule has 0 aliphatic carbocycles. The van der Waals surface area contributed by atoms with Crippen molar-refractivity contribution in [3.8, 4) is 10.6 Å². The van der Waals surface area contributed by atoms with Gasteiger partial charge in [0.15, 0.2) is 6.61 Å². The molecule has 1 amide bonds. The summed E-state index contributed by atoms with van der Waals surface area (Å²) < 4.78 is 10.6. The highest BCUT2D eigenvalue weighted by molar-refractivity contribution is 7.13. The van der Waals surface area contributed by atoms with Gasteiger partial charge < -0.3 is 14.2 Å². The number of pyridine rings is 1. The van der Waals surface area contributed by atoms with Gasteiger partial charge >= 0.3 is 5.97 Å². The van der Waals surface area contributed by atoms with Gasteiger partial charge in [-0.15, -0.1) is 11.3 Å². The predicted octanol–water partition coefficient (Wildman–Crippen LogP) is 4.08. The first kappa shape index (κ1) is 19.8. The molecule has 7 nitrogen and oxygen atoms in total. The summed E-state index contributed by atoms with van der Waals surface area (Å²) in [6, 6.07) is 15.1. The van der Waals surface area contributed by atoms with E-state index in [2.05, 4.69) is 10.1 Å². The number of aromatic nitrogens is 2. The van der Waals surface area contributed by atoms with Crippen LogP contribution in [-0.4, -0.2) is 40.6 Å². The minimum absolute atomic E-state index is 0.262. The Labute approximate surface area is 176 Å². The zero-order chi connectivity index (χ0) is 21.1. The Balaban J connectivity index is 1.51. The van der Waals surface area contributed by atoms with Gasteiger partial charge in [-0.2, -0.15) is 0 Å². The van der Waals surface area contributed by atoms with Gasteiger partial charge in [0.2, 0.25) is 0 Å². The lowest BCUT2D eigenvalue weighted by Crippen LogP contribution is -2.30. The number of aryl methyl sites for hydroxylation is 1. The molecule has 0 fully saturated rings. The highest BCUT2D eigenvalue weighted by atomic mass is 32.1. The summed E-state index contributed by atoms with van der Waals surface area (Å²) in [5, 5.41) is 6.33. The van der Waals surface area contributed by atoms with Crippen molar-refractivity contribution in [1.82, 2.24) is 15.0 Å². The minimum Gasteiger partial charge on any atom is -0.452 e. The lowest BCUT2D eigenvalue weighted by molar-refractivity contribution is -0.133. The Morgan fingerprint density at radius 3 is 2.70 bits per heavy atom. The maximum Gasteiger partial charge on any atom is 0.339 e. The number of hydrogen-bond donors (Lipinski definition) is 0. The number of carbonyl (C=O) groups is 2. The van der Waals surface area contributed by atoms with Crippen molar-refractivity contribution >= 4 is 34.3 Å². The van der Waals surface area contributed by atoms with E-state index in [-0.39, 0.29) is 23.8 Å². The van der Waals surface area contributed by atoms with Crippen molar-refractivity contribution < 1.29 is 18.8 Å². The fraction of sp³-hybridized carbons (Fsp3) is 0.182. The van der Waals surface area contributed by atoms with Crippen molar-refractivity contribution in [2.24, 2.45) is 0 Å². The molecule has 0 aliphatic heterocycles. The van der Waals surface area contributed by atoms with Gasteiger partial charge in [0.05, 0.1) is 27.2 Å². The van der Waals surface area contributed by atoms with Crippen LogP contribution >= 0.6 is 11.3 Å². The van der Waals surface area contributed by atoms with Crippen LogP contribution in [0.4, 0.5) is 0 Å². The molecule has 0 N–H and O–H groups in total. The molecule has 0 atom stereocenters. The normalized spacial score (nSPS) is 10.9. The number of fused-ring (bicyclic) bond motifs is 1. The lowest BCUT2D eigenvalue weighted by atomic mass is 10.1. The summed E-state index contributed by atoms with van der Waals surface area (Å²) in [5.41, 5.74) is 2.66. The zero-order valence-corrected chi connectivity index (χ0v) is 17.3. The quantitative estimate of drug-likeness (QED) is 0.436. The predicted molar refractivity (Wildman–Crippen MR) is 113 cm³/mol. The van der Waals surface area contributed by atoms with Crippen LogP contribution in [0.25, 0.3) is 21.7 Å². The van der Waals surface area contributed by atoms with Crippen molar-refractivity contribution in [2.45, 2.75) is 13.5 Å². The van der Waals surface area contributed by atoms with E-state index in [1.165, 1.54) is 16.2 Å². The molecule has 0 aliphatic rings. The number of esters is 1. The molecule has 3 heterocycles. The molecule has 0 bridgehead atoms. The van der Waals surface area contributed by atoms with E-state index < -0.39 is 5.97 Å². The van der Waals surface area contributed by atoms with E-state index in [0.29, 0.717) is 23.3 Å². The molecule has 0 unspecified atom stereocenters. The number of likely N-dealkylation sites (N-methyl/N-ethyl adjacent to an activating group) is 1. The van der Waals surface area contributed by atoms with Crippen LogP contribution in [0.15, 0.2) is 58.4 Å². The number of rotatable bonds is 6. The molecule has 30 heavy (non-hydrogen) atoms. The van der Waals surface area contributed by atoms with Crippen LogP contribution in [0.2, 0.25) is 0 Å². The summed E-state index contributed by atoms with van der Waals surface area (Å²) in [6.45, 7) is 1.81. The summed E-state index contributed by atoms with van der Waals surface area (Å²) in [6.07, 6.45) is 0. The maximum atomic E-state index is 12.8. The number of nitrogens with zero attached hydrogens (tertiary/aromatic N) is 3. The fourth-order valence-corrected chi connectivity index (χ4v) is 3.75. The third-order valence-corrected chi connectivity index (χ3v) is 5.52. The first-order valence-electron chi connectivity index (χ1n) is 9.29. The van der Waals surface area contributed by atoms with Gasteiger partial charge in [-0.25, -0.2) is 9.78 Å². The topological polar surface area (TPSA) is 85.5 Å². The molecule has 0 spiro atoms. The van der Waals surface area contributed by atoms with E-state index in [1.54, 1.807) is 20.0 Å². The number of benzene rings is 1. The fourth-order valence-electron chi connectivity index (χ4n) is 3.07. The van der Waals surface area contributed by atoms with E-state index in [0.717, 1.165) is 10.4 Å². The molecule has 4 rings (SSSR count). The molecule has 0 radical (unpaired) electrons. The van der Waals surface area contributed by atoms with E-state index >= 15 is 0 Å². The van der Waals surface area contributed by atoms with Gasteiger partial charge in [0, 0.05) is 13.6 Å². The largest absolute Gasteiger partial charge is 0.452 e. The van der Waals surface area contributed by atoms with Crippen LogP contribution in [-0.2, 0) is 16.1 Å². The third-order valence-electron chi connectivity index (χ3n) is 4.63. The molecule has 3 aromatic heterocycles. The van der Waals surface area contributed by atoms with Gasteiger partial charge in [-0.3, -0.25) is 4.79 Å². The molecular formula is C22H19N3O4S. The van der Waals surface area contributed by atoms with Gasteiger partial charge in [0.25, 0.3) is 11.6 Å². The number of amides is 1. The Kier molecular flexibility index (Phi) is 5.58. The highest BCUT2D eigenvalue weighted by Gasteiger charge is 2.22. The second kappa shape index (κ2) is 8.46. The number of ether oxygens (including phenoxy) is 1. The molecular weight excluding hydrogens is 402 g/mol.